The van der Waals surface area contributed by atoms with E-state index in [0.717, 1.165) is 24.0 Å². The Morgan fingerprint density at radius 1 is 0.815 bits per heavy atom. The number of piperazine rings is 1. The van der Waals surface area contributed by atoms with Crippen molar-refractivity contribution in [2.24, 2.45) is 0 Å². The minimum atomic E-state index is -0.280. The molecule has 2 fully saturated rings. The van der Waals surface area contributed by atoms with Crippen molar-refractivity contribution >= 4 is 11.8 Å². The number of amides is 2. The zero-order valence-corrected chi connectivity index (χ0v) is 15.3. The number of carbonyl (C=O) groups is 2. The fourth-order valence-corrected chi connectivity index (χ4v) is 3.72. The number of hydrogen-bond acceptors (Lipinski definition) is 3. The van der Waals surface area contributed by atoms with Gasteiger partial charge in [-0.3, -0.25) is 9.59 Å². The Kier molecular flexibility index (Phi) is 5.21. The monoisotopic (exact) mass is 364 g/mol. The molecule has 2 aromatic carbocycles. The first-order valence-corrected chi connectivity index (χ1v) is 9.57. The van der Waals surface area contributed by atoms with Crippen LogP contribution in [0.4, 0.5) is 0 Å². The van der Waals surface area contributed by atoms with Gasteiger partial charge in [-0.05, 0) is 36.1 Å². The standard InChI is InChI=1S/C22H24N2O3/c25-21(19-10-8-18(9-11-19)17-5-2-1-3-6-17)23-12-14-24(15-13-23)22(26)20-7-4-16-27-20/h1-3,5-6,8-11,20H,4,7,12-16H2/t20-/m1/s1. The highest BCUT2D eigenvalue weighted by atomic mass is 16.5. The summed E-state index contributed by atoms with van der Waals surface area (Å²) in [5.41, 5.74) is 2.92. The second-order valence-corrected chi connectivity index (χ2v) is 7.06. The molecule has 2 saturated heterocycles. The van der Waals surface area contributed by atoms with E-state index in [2.05, 4.69) is 12.1 Å². The van der Waals surface area contributed by atoms with Crippen LogP contribution in [-0.4, -0.2) is 60.5 Å². The Morgan fingerprint density at radius 3 is 2.07 bits per heavy atom. The van der Waals surface area contributed by atoms with E-state index < -0.39 is 0 Å². The predicted octanol–water partition coefficient (Wildman–Crippen LogP) is 2.82. The maximum absolute atomic E-state index is 12.8. The second-order valence-electron chi connectivity index (χ2n) is 7.06. The molecule has 0 bridgehead atoms. The van der Waals surface area contributed by atoms with Crippen LogP contribution in [-0.2, 0) is 9.53 Å². The van der Waals surface area contributed by atoms with Crippen molar-refractivity contribution < 1.29 is 14.3 Å². The number of ether oxygens (including phenoxy) is 1. The van der Waals surface area contributed by atoms with Crippen molar-refractivity contribution in [3.63, 3.8) is 0 Å². The first kappa shape index (κ1) is 17.7. The van der Waals surface area contributed by atoms with Gasteiger partial charge in [-0.15, -0.1) is 0 Å². The van der Waals surface area contributed by atoms with E-state index in [9.17, 15) is 9.59 Å². The van der Waals surface area contributed by atoms with E-state index in [1.807, 2.05) is 52.3 Å². The first-order chi connectivity index (χ1) is 13.2. The third-order valence-electron chi connectivity index (χ3n) is 5.32. The molecule has 0 N–H and O–H groups in total. The Labute approximate surface area is 159 Å². The fourth-order valence-electron chi connectivity index (χ4n) is 3.72. The van der Waals surface area contributed by atoms with Crippen LogP contribution >= 0.6 is 0 Å². The van der Waals surface area contributed by atoms with Gasteiger partial charge >= 0.3 is 0 Å². The minimum Gasteiger partial charge on any atom is -0.368 e. The summed E-state index contributed by atoms with van der Waals surface area (Å²) in [6, 6.07) is 17.9. The topological polar surface area (TPSA) is 49.9 Å². The molecule has 0 spiro atoms. The Hall–Kier alpha value is -2.66. The van der Waals surface area contributed by atoms with E-state index >= 15 is 0 Å². The van der Waals surface area contributed by atoms with Crippen LogP contribution < -0.4 is 0 Å². The molecule has 140 valence electrons. The van der Waals surface area contributed by atoms with Gasteiger partial charge in [-0.2, -0.15) is 0 Å². The molecule has 2 heterocycles. The highest BCUT2D eigenvalue weighted by molar-refractivity contribution is 5.95. The summed E-state index contributed by atoms with van der Waals surface area (Å²) < 4.78 is 5.49. The lowest BCUT2D eigenvalue weighted by Crippen LogP contribution is -2.52. The van der Waals surface area contributed by atoms with E-state index in [-0.39, 0.29) is 17.9 Å². The van der Waals surface area contributed by atoms with Gasteiger partial charge in [-0.1, -0.05) is 42.5 Å². The van der Waals surface area contributed by atoms with Gasteiger partial charge in [0.25, 0.3) is 11.8 Å². The van der Waals surface area contributed by atoms with Crippen molar-refractivity contribution in [2.45, 2.75) is 18.9 Å². The molecule has 2 amide bonds. The molecule has 5 nitrogen and oxygen atoms in total. The van der Waals surface area contributed by atoms with E-state index in [1.165, 1.54) is 0 Å². The third kappa shape index (κ3) is 3.88. The number of carbonyl (C=O) groups excluding carboxylic acids is 2. The SMILES string of the molecule is O=C(c1ccc(-c2ccccc2)cc1)N1CCN(C(=O)[C@H]2CCCO2)CC1. The molecule has 0 aliphatic carbocycles. The zero-order chi connectivity index (χ0) is 18.6. The highest BCUT2D eigenvalue weighted by Crippen LogP contribution is 2.21. The highest BCUT2D eigenvalue weighted by Gasteiger charge is 2.31. The van der Waals surface area contributed by atoms with Gasteiger partial charge < -0.3 is 14.5 Å². The maximum Gasteiger partial charge on any atom is 0.253 e. The molecule has 2 aliphatic heterocycles. The second kappa shape index (κ2) is 7.92. The summed E-state index contributed by atoms with van der Waals surface area (Å²) in [5, 5.41) is 0. The van der Waals surface area contributed by atoms with Crippen molar-refractivity contribution in [1.29, 1.82) is 0 Å². The van der Waals surface area contributed by atoms with Gasteiger partial charge in [0.2, 0.25) is 0 Å². The molecule has 27 heavy (non-hydrogen) atoms. The van der Waals surface area contributed by atoms with Crippen LogP contribution in [0.5, 0.6) is 0 Å². The lowest BCUT2D eigenvalue weighted by molar-refractivity contribution is -0.142. The molecule has 0 radical (unpaired) electrons. The third-order valence-corrected chi connectivity index (χ3v) is 5.32. The van der Waals surface area contributed by atoms with Crippen molar-refractivity contribution in [3.8, 4) is 11.1 Å². The number of hydrogen-bond donors (Lipinski definition) is 0. The van der Waals surface area contributed by atoms with Gasteiger partial charge in [0.05, 0.1) is 0 Å². The van der Waals surface area contributed by atoms with Crippen molar-refractivity contribution in [1.82, 2.24) is 9.80 Å². The Balaban J connectivity index is 1.36. The van der Waals surface area contributed by atoms with E-state index in [4.69, 9.17) is 4.74 Å². The fraction of sp³-hybridized carbons (Fsp3) is 0.364. The molecule has 0 aromatic heterocycles. The summed E-state index contributed by atoms with van der Waals surface area (Å²) in [5.74, 6) is 0.102. The molecule has 0 saturated carbocycles. The number of rotatable bonds is 3. The van der Waals surface area contributed by atoms with Crippen molar-refractivity contribution in [3.05, 3.63) is 60.2 Å². The maximum atomic E-state index is 12.8. The van der Waals surface area contributed by atoms with Crippen LogP contribution in [0.25, 0.3) is 11.1 Å². The summed E-state index contributed by atoms with van der Waals surface area (Å²) in [6.07, 6.45) is 1.48. The van der Waals surface area contributed by atoms with Gasteiger partial charge in [-0.25, -0.2) is 0 Å². The average Bonchev–Trinajstić information content (AvgIpc) is 3.28. The molecule has 4 rings (SSSR count). The molecule has 5 heteroatoms. The smallest absolute Gasteiger partial charge is 0.253 e. The molecule has 0 unspecified atom stereocenters. The summed E-state index contributed by atoms with van der Waals surface area (Å²) in [6.45, 7) is 2.96. The van der Waals surface area contributed by atoms with Gasteiger partial charge in [0, 0.05) is 38.3 Å². The minimum absolute atomic E-state index is 0.0267. The molecular formula is C22H24N2O3. The largest absolute Gasteiger partial charge is 0.368 e. The van der Waals surface area contributed by atoms with Crippen LogP contribution in [0.1, 0.15) is 23.2 Å². The summed E-state index contributed by atoms with van der Waals surface area (Å²) in [7, 11) is 0. The predicted molar refractivity (Wildman–Crippen MR) is 103 cm³/mol. The Morgan fingerprint density at radius 2 is 1.44 bits per heavy atom. The molecule has 1 atom stereocenters. The molecule has 2 aliphatic rings. The first-order valence-electron chi connectivity index (χ1n) is 9.57. The lowest BCUT2D eigenvalue weighted by Gasteiger charge is -2.35. The summed E-state index contributed by atoms with van der Waals surface area (Å²) in [4.78, 5) is 28.9. The quantitative estimate of drug-likeness (QED) is 0.842. The zero-order valence-electron chi connectivity index (χ0n) is 15.3. The average molecular weight is 364 g/mol. The van der Waals surface area contributed by atoms with Crippen LogP contribution in [0.3, 0.4) is 0 Å². The summed E-state index contributed by atoms with van der Waals surface area (Å²) >= 11 is 0. The van der Waals surface area contributed by atoms with Crippen LogP contribution in [0.2, 0.25) is 0 Å². The van der Waals surface area contributed by atoms with E-state index in [1.54, 1.807) is 0 Å². The van der Waals surface area contributed by atoms with Crippen LogP contribution in [0, 0.1) is 0 Å². The van der Waals surface area contributed by atoms with E-state index in [0.29, 0.717) is 38.3 Å². The molecular weight excluding hydrogens is 340 g/mol. The van der Waals surface area contributed by atoms with Gasteiger partial charge in [0.1, 0.15) is 6.10 Å². The number of benzene rings is 2. The molecule has 2 aromatic rings. The van der Waals surface area contributed by atoms with Crippen molar-refractivity contribution in [2.75, 3.05) is 32.8 Å². The van der Waals surface area contributed by atoms with Gasteiger partial charge in [0.15, 0.2) is 0 Å². The number of nitrogens with zero attached hydrogens (tertiary/aromatic N) is 2. The lowest BCUT2D eigenvalue weighted by atomic mass is 10.0. The Bertz CT molecular complexity index is 790. The van der Waals surface area contributed by atoms with Crippen LogP contribution in [0.15, 0.2) is 54.6 Å². The normalized spacial score (nSPS) is 19.9.